The first-order valence-electron chi connectivity index (χ1n) is 8.04. The number of hydrogen-bond acceptors (Lipinski definition) is 4. The fraction of sp³-hybridized carbons (Fsp3) is 0.150. The minimum atomic E-state index is -0.553. The summed E-state index contributed by atoms with van der Waals surface area (Å²) in [7, 11) is 0. The molecule has 5 nitrogen and oxygen atoms in total. The largest absolute Gasteiger partial charge is 0.452 e. The second-order valence-electron chi connectivity index (χ2n) is 5.85. The predicted octanol–water partition coefficient (Wildman–Crippen LogP) is 4.41. The number of rotatable bonds is 4. The number of ether oxygens (including phenoxy) is 1. The monoisotopic (exact) mass is 412 g/mol. The zero-order chi connectivity index (χ0) is 18.7. The molecule has 3 rings (SSSR count). The Bertz CT molecular complexity index is 1000. The number of benzene rings is 2. The molecule has 0 aliphatic heterocycles. The van der Waals surface area contributed by atoms with Crippen molar-refractivity contribution < 1.29 is 14.3 Å². The zero-order valence-corrected chi connectivity index (χ0v) is 16.0. The number of esters is 1. The molecule has 6 heteroatoms. The predicted molar refractivity (Wildman–Crippen MR) is 104 cm³/mol. The van der Waals surface area contributed by atoms with Crippen LogP contribution in [0.1, 0.15) is 21.6 Å². The van der Waals surface area contributed by atoms with Crippen molar-refractivity contribution in [3.63, 3.8) is 0 Å². The van der Waals surface area contributed by atoms with Gasteiger partial charge in [-0.1, -0.05) is 40.2 Å². The Morgan fingerprint density at radius 2 is 1.88 bits per heavy atom. The normalized spacial score (nSPS) is 10.6. The number of nitrogens with one attached hydrogen (secondary N) is 1. The van der Waals surface area contributed by atoms with Crippen molar-refractivity contribution in [3.05, 3.63) is 69.8 Å². The van der Waals surface area contributed by atoms with Gasteiger partial charge >= 0.3 is 5.97 Å². The second-order valence-corrected chi connectivity index (χ2v) is 6.76. The summed E-state index contributed by atoms with van der Waals surface area (Å²) >= 11 is 3.34. The summed E-state index contributed by atoms with van der Waals surface area (Å²) in [6.45, 7) is 3.25. The lowest BCUT2D eigenvalue weighted by molar-refractivity contribution is -0.119. The van der Waals surface area contributed by atoms with Gasteiger partial charge in [-0.2, -0.15) is 0 Å². The molecule has 0 aliphatic carbocycles. The number of carbonyl (C=O) groups excluding carboxylic acids is 2. The van der Waals surface area contributed by atoms with E-state index in [0.29, 0.717) is 16.9 Å². The van der Waals surface area contributed by atoms with E-state index in [9.17, 15) is 9.59 Å². The van der Waals surface area contributed by atoms with Crippen LogP contribution in [0.15, 0.2) is 53.0 Å². The van der Waals surface area contributed by atoms with Gasteiger partial charge in [0.25, 0.3) is 5.91 Å². The van der Waals surface area contributed by atoms with E-state index < -0.39 is 11.9 Å². The van der Waals surface area contributed by atoms with Gasteiger partial charge in [-0.25, -0.2) is 4.79 Å². The van der Waals surface area contributed by atoms with Crippen LogP contribution in [0.3, 0.4) is 0 Å². The molecule has 0 fully saturated rings. The maximum atomic E-state index is 12.5. The van der Waals surface area contributed by atoms with Crippen LogP contribution in [0.5, 0.6) is 0 Å². The van der Waals surface area contributed by atoms with Crippen LogP contribution in [0.4, 0.5) is 5.69 Å². The Morgan fingerprint density at radius 1 is 1.12 bits per heavy atom. The average molecular weight is 413 g/mol. The fourth-order valence-corrected chi connectivity index (χ4v) is 3.20. The summed E-state index contributed by atoms with van der Waals surface area (Å²) in [5, 5.41) is 3.58. The molecule has 0 radical (unpaired) electrons. The Morgan fingerprint density at radius 3 is 2.65 bits per heavy atom. The molecule has 0 saturated carbocycles. The highest BCUT2D eigenvalue weighted by atomic mass is 79.9. The fourth-order valence-electron chi connectivity index (χ4n) is 2.80. The molecule has 2 aromatic carbocycles. The molecule has 1 N–H and O–H groups in total. The highest BCUT2D eigenvalue weighted by molar-refractivity contribution is 9.10. The van der Waals surface area contributed by atoms with E-state index in [0.717, 1.165) is 20.9 Å². The molecule has 132 valence electrons. The van der Waals surface area contributed by atoms with E-state index in [1.807, 2.05) is 37.3 Å². The molecule has 0 atom stereocenters. The first-order valence-corrected chi connectivity index (χ1v) is 8.83. The molecular weight excluding hydrogens is 396 g/mol. The van der Waals surface area contributed by atoms with Crippen LogP contribution in [0.2, 0.25) is 0 Å². The van der Waals surface area contributed by atoms with Crippen LogP contribution in [-0.4, -0.2) is 23.5 Å². The minimum absolute atomic E-state index is 0.364. The number of nitrogens with zero attached hydrogens (tertiary/aromatic N) is 1. The summed E-state index contributed by atoms with van der Waals surface area (Å²) in [6, 6.07) is 14.8. The highest BCUT2D eigenvalue weighted by Gasteiger charge is 2.18. The Labute approximate surface area is 159 Å². The number of aryl methyl sites for hydroxylation is 2. The highest BCUT2D eigenvalue weighted by Crippen LogP contribution is 2.23. The maximum absolute atomic E-state index is 12.5. The van der Waals surface area contributed by atoms with Crippen molar-refractivity contribution >= 4 is 44.4 Å². The van der Waals surface area contributed by atoms with Crippen LogP contribution in [0, 0.1) is 13.8 Å². The lowest BCUT2D eigenvalue weighted by Crippen LogP contribution is -2.22. The number of carbonyl (C=O) groups is 2. The van der Waals surface area contributed by atoms with Gasteiger partial charge in [-0.05, 0) is 43.7 Å². The summed E-state index contributed by atoms with van der Waals surface area (Å²) in [5.74, 6) is -0.955. The van der Waals surface area contributed by atoms with Gasteiger partial charge in [0, 0.05) is 15.5 Å². The third-order valence-electron chi connectivity index (χ3n) is 3.98. The smallest absolute Gasteiger partial charge is 0.340 e. The Hall–Kier alpha value is -2.73. The Balaban J connectivity index is 1.72. The number of aromatic nitrogens is 1. The number of halogens is 1. The van der Waals surface area contributed by atoms with E-state index in [4.69, 9.17) is 4.74 Å². The summed E-state index contributed by atoms with van der Waals surface area (Å²) in [4.78, 5) is 29.0. The van der Waals surface area contributed by atoms with Crippen LogP contribution >= 0.6 is 15.9 Å². The molecule has 1 amide bonds. The number of pyridine rings is 1. The lowest BCUT2D eigenvalue weighted by atomic mass is 10.0. The second kappa shape index (κ2) is 7.66. The number of amides is 1. The summed E-state index contributed by atoms with van der Waals surface area (Å²) in [5.41, 5.74) is 3.23. The van der Waals surface area contributed by atoms with E-state index in [-0.39, 0.29) is 6.61 Å². The number of hydrogen-bond donors (Lipinski definition) is 1. The van der Waals surface area contributed by atoms with E-state index in [2.05, 4.69) is 26.2 Å². The molecule has 1 heterocycles. The van der Waals surface area contributed by atoms with Gasteiger partial charge in [0.1, 0.15) is 0 Å². The standard InChI is InChI=1S/C20H17BrN2O3/c1-12-16-8-3-4-9-17(16)22-13(2)19(12)20(25)26-11-18(24)23-15-7-5-6-14(21)10-15/h3-10H,11H2,1-2H3,(H,23,24). The van der Waals surface area contributed by atoms with E-state index in [1.54, 1.807) is 25.1 Å². The van der Waals surface area contributed by atoms with Gasteiger partial charge in [-0.3, -0.25) is 9.78 Å². The number of para-hydroxylation sites is 1. The lowest BCUT2D eigenvalue weighted by Gasteiger charge is -2.12. The van der Waals surface area contributed by atoms with Gasteiger partial charge < -0.3 is 10.1 Å². The molecular formula is C20H17BrN2O3. The molecule has 26 heavy (non-hydrogen) atoms. The van der Waals surface area contributed by atoms with Gasteiger partial charge in [0.2, 0.25) is 0 Å². The molecule has 0 bridgehead atoms. The van der Waals surface area contributed by atoms with Crippen LogP contribution < -0.4 is 5.32 Å². The molecule has 0 spiro atoms. The van der Waals surface area contributed by atoms with Crippen molar-refractivity contribution in [2.24, 2.45) is 0 Å². The molecule has 0 saturated heterocycles. The van der Waals surface area contributed by atoms with Crippen molar-refractivity contribution in [2.75, 3.05) is 11.9 Å². The van der Waals surface area contributed by atoms with Crippen molar-refractivity contribution in [3.8, 4) is 0 Å². The SMILES string of the molecule is Cc1nc2ccccc2c(C)c1C(=O)OCC(=O)Nc1cccc(Br)c1. The maximum Gasteiger partial charge on any atom is 0.340 e. The quantitative estimate of drug-likeness (QED) is 0.644. The number of anilines is 1. The van der Waals surface area contributed by atoms with Gasteiger partial charge in [0.05, 0.1) is 16.8 Å². The molecule has 3 aromatic rings. The van der Waals surface area contributed by atoms with Crippen LogP contribution in [-0.2, 0) is 9.53 Å². The minimum Gasteiger partial charge on any atom is -0.452 e. The van der Waals surface area contributed by atoms with Crippen LogP contribution in [0.25, 0.3) is 10.9 Å². The van der Waals surface area contributed by atoms with Crippen molar-refractivity contribution in [1.82, 2.24) is 4.98 Å². The van der Waals surface area contributed by atoms with Gasteiger partial charge in [0.15, 0.2) is 6.61 Å². The van der Waals surface area contributed by atoms with E-state index >= 15 is 0 Å². The first-order chi connectivity index (χ1) is 12.5. The first kappa shape index (κ1) is 18.1. The average Bonchev–Trinajstić information content (AvgIpc) is 2.60. The topological polar surface area (TPSA) is 68.3 Å². The van der Waals surface area contributed by atoms with Gasteiger partial charge in [-0.15, -0.1) is 0 Å². The summed E-state index contributed by atoms with van der Waals surface area (Å²) < 4.78 is 6.05. The molecule has 0 aliphatic rings. The zero-order valence-electron chi connectivity index (χ0n) is 14.4. The molecule has 1 aromatic heterocycles. The Kier molecular flexibility index (Phi) is 5.32. The molecule has 0 unspecified atom stereocenters. The summed E-state index contributed by atoms with van der Waals surface area (Å²) in [6.07, 6.45) is 0. The third kappa shape index (κ3) is 3.91. The van der Waals surface area contributed by atoms with Crippen molar-refractivity contribution in [1.29, 1.82) is 0 Å². The third-order valence-corrected chi connectivity index (χ3v) is 4.47. The van der Waals surface area contributed by atoms with E-state index in [1.165, 1.54) is 0 Å². The van der Waals surface area contributed by atoms with Crippen molar-refractivity contribution in [2.45, 2.75) is 13.8 Å². The number of fused-ring (bicyclic) bond motifs is 1.